The fraction of sp³-hybridized carbons (Fsp3) is 0.263. The number of hydrogen-bond donors (Lipinski definition) is 2. The zero-order valence-electron chi connectivity index (χ0n) is 14.1. The molecule has 2 N–H and O–H groups in total. The zero-order valence-corrected chi connectivity index (χ0v) is 14.1. The van der Waals surface area contributed by atoms with E-state index in [1.807, 2.05) is 49.4 Å². The molecule has 0 aliphatic carbocycles. The van der Waals surface area contributed by atoms with E-state index in [1.165, 1.54) is 7.11 Å². The van der Waals surface area contributed by atoms with Gasteiger partial charge in [0.05, 0.1) is 11.7 Å². The monoisotopic (exact) mass is 340 g/mol. The van der Waals surface area contributed by atoms with Crippen LogP contribution in [0.25, 0.3) is 0 Å². The van der Waals surface area contributed by atoms with Crippen molar-refractivity contribution in [2.24, 2.45) is 0 Å². The maximum Gasteiger partial charge on any atom is 0.262 e. The third kappa shape index (κ3) is 3.80. The Hall–Kier alpha value is -2.86. The summed E-state index contributed by atoms with van der Waals surface area (Å²) in [6.07, 6.45) is -0.677. The van der Waals surface area contributed by atoms with Gasteiger partial charge in [0.2, 0.25) is 0 Å². The van der Waals surface area contributed by atoms with Crippen LogP contribution in [-0.2, 0) is 14.3 Å². The van der Waals surface area contributed by atoms with Crippen molar-refractivity contribution in [3.8, 4) is 5.75 Å². The summed E-state index contributed by atoms with van der Waals surface area (Å²) in [5.41, 5.74) is 2.27. The highest BCUT2D eigenvalue weighted by molar-refractivity contribution is 5.95. The van der Waals surface area contributed by atoms with Gasteiger partial charge in [-0.2, -0.15) is 0 Å². The molecule has 6 nitrogen and oxygen atoms in total. The van der Waals surface area contributed by atoms with Crippen LogP contribution in [0.15, 0.2) is 48.5 Å². The van der Waals surface area contributed by atoms with E-state index in [4.69, 9.17) is 9.47 Å². The standard InChI is InChI=1S/C19H20N2O4/c1-12(14-8-9-16-15(10-14)21-17(22)11-25-16)20-19(23)18(24-2)13-6-4-3-5-7-13/h3-10,12,18H,11H2,1-2H3,(H,20,23)(H,21,22)/t12-,18-/m1/s1. The van der Waals surface area contributed by atoms with Crippen molar-refractivity contribution in [3.05, 3.63) is 59.7 Å². The van der Waals surface area contributed by atoms with E-state index in [-0.39, 0.29) is 24.5 Å². The summed E-state index contributed by atoms with van der Waals surface area (Å²) in [6.45, 7) is 1.90. The molecule has 1 aliphatic heterocycles. The molecule has 3 rings (SSSR count). The van der Waals surface area contributed by atoms with Crippen molar-refractivity contribution >= 4 is 17.5 Å². The molecule has 130 valence electrons. The second-order valence-corrected chi connectivity index (χ2v) is 5.85. The van der Waals surface area contributed by atoms with Crippen LogP contribution < -0.4 is 15.4 Å². The minimum atomic E-state index is -0.677. The van der Waals surface area contributed by atoms with Crippen molar-refractivity contribution in [2.45, 2.75) is 19.1 Å². The van der Waals surface area contributed by atoms with Gasteiger partial charge in [-0.05, 0) is 30.2 Å². The largest absolute Gasteiger partial charge is 0.482 e. The maximum absolute atomic E-state index is 12.6. The van der Waals surface area contributed by atoms with Gasteiger partial charge >= 0.3 is 0 Å². The number of fused-ring (bicyclic) bond motifs is 1. The van der Waals surface area contributed by atoms with E-state index in [2.05, 4.69) is 10.6 Å². The zero-order chi connectivity index (χ0) is 17.8. The molecule has 2 atom stereocenters. The number of carbonyl (C=O) groups excluding carboxylic acids is 2. The molecule has 0 saturated heterocycles. The topological polar surface area (TPSA) is 76.7 Å². The van der Waals surface area contributed by atoms with Crippen LogP contribution in [0.1, 0.15) is 30.2 Å². The second kappa shape index (κ2) is 7.36. The van der Waals surface area contributed by atoms with E-state index in [9.17, 15) is 9.59 Å². The molecule has 0 spiro atoms. The Bertz CT molecular complexity index is 776. The van der Waals surface area contributed by atoms with E-state index in [0.29, 0.717) is 11.4 Å². The summed E-state index contributed by atoms with van der Waals surface area (Å²) < 4.78 is 10.7. The number of amides is 2. The SMILES string of the molecule is CO[C@@H](C(=O)N[C@H](C)c1ccc2c(c1)NC(=O)CO2)c1ccccc1. The second-order valence-electron chi connectivity index (χ2n) is 5.85. The van der Waals surface area contributed by atoms with E-state index in [1.54, 1.807) is 6.07 Å². The maximum atomic E-state index is 12.6. The number of anilines is 1. The Labute approximate surface area is 146 Å². The molecule has 0 radical (unpaired) electrons. The van der Waals surface area contributed by atoms with Crippen molar-refractivity contribution in [3.63, 3.8) is 0 Å². The summed E-state index contributed by atoms with van der Waals surface area (Å²) in [4.78, 5) is 24.0. The van der Waals surface area contributed by atoms with Gasteiger partial charge in [0.25, 0.3) is 11.8 Å². The van der Waals surface area contributed by atoms with Crippen LogP contribution in [0.4, 0.5) is 5.69 Å². The van der Waals surface area contributed by atoms with Crippen LogP contribution in [0.3, 0.4) is 0 Å². The van der Waals surface area contributed by atoms with Crippen LogP contribution in [0, 0.1) is 0 Å². The Morgan fingerprint density at radius 2 is 1.96 bits per heavy atom. The molecule has 25 heavy (non-hydrogen) atoms. The highest BCUT2D eigenvalue weighted by atomic mass is 16.5. The molecule has 0 aromatic heterocycles. The van der Waals surface area contributed by atoms with Gasteiger partial charge in [-0.25, -0.2) is 0 Å². The first-order chi connectivity index (χ1) is 12.1. The third-order valence-electron chi connectivity index (χ3n) is 4.07. The average Bonchev–Trinajstić information content (AvgIpc) is 2.62. The van der Waals surface area contributed by atoms with E-state index in [0.717, 1.165) is 11.1 Å². The van der Waals surface area contributed by atoms with Crippen molar-refractivity contribution in [2.75, 3.05) is 19.0 Å². The Morgan fingerprint density at radius 1 is 1.20 bits per heavy atom. The van der Waals surface area contributed by atoms with Crippen LogP contribution >= 0.6 is 0 Å². The predicted molar refractivity (Wildman–Crippen MR) is 93.3 cm³/mol. The van der Waals surface area contributed by atoms with Gasteiger partial charge in [0.15, 0.2) is 12.7 Å². The summed E-state index contributed by atoms with van der Waals surface area (Å²) >= 11 is 0. The third-order valence-corrected chi connectivity index (χ3v) is 4.07. The van der Waals surface area contributed by atoms with Crippen LogP contribution in [0.5, 0.6) is 5.75 Å². The number of benzene rings is 2. The quantitative estimate of drug-likeness (QED) is 0.877. The van der Waals surface area contributed by atoms with Crippen molar-refractivity contribution < 1.29 is 19.1 Å². The molecule has 0 bridgehead atoms. The van der Waals surface area contributed by atoms with Gasteiger partial charge in [0, 0.05) is 7.11 Å². The molecular weight excluding hydrogens is 320 g/mol. The highest BCUT2D eigenvalue weighted by Gasteiger charge is 2.23. The lowest BCUT2D eigenvalue weighted by Crippen LogP contribution is -2.32. The Balaban J connectivity index is 1.73. The van der Waals surface area contributed by atoms with Crippen molar-refractivity contribution in [1.29, 1.82) is 0 Å². The molecule has 6 heteroatoms. The number of ether oxygens (including phenoxy) is 2. The fourth-order valence-electron chi connectivity index (χ4n) is 2.76. The van der Waals surface area contributed by atoms with Crippen LogP contribution in [0.2, 0.25) is 0 Å². The summed E-state index contributed by atoms with van der Waals surface area (Å²) in [7, 11) is 1.51. The molecular formula is C19H20N2O4. The first-order valence-electron chi connectivity index (χ1n) is 8.03. The Morgan fingerprint density at radius 3 is 2.68 bits per heavy atom. The van der Waals surface area contributed by atoms with Gasteiger partial charge in [-0.1, -0.05) is 36.4 Å². The number of methoxy groups -OCH3 is 1. The summed E-state index contributed by atoms with van der Waals surface area (Å²) in [6, 6.07) is 14.5. The van der Waals surface area contributed by atoms with Gasteiger partial charge in [-0.3, -0.25) is 9.59 Å². The van der Waals surface area contributed by atoms with Gasteiger partial charge < -0.3 is 20.1 Å². The van der Waals surface area contributed by atoms with Crippen LogP contribution in [-0.4, -0.2) is 25.5 Å². The Kier molecular flexibility index (Phi) is 5.00. The number of nitrogens with one attached hydrogen (secondary N) is 2. The molecule has 1 aliphatic rings. The number of rotatable bonds is 5. The molecule has 2 amide bonds. The first-order valence-corrected chi connectivity index (χ1v) is 8.03. The first kappa shape index (κ1) is 17.0. The van der Waals surface area contributed by atoms with Gasteiger partial charge in [0.1, 0.15) is 5.75 Å². The predicted octanol–water partition coefficient (Wildman–Crippen LogP) is 2.58. The molecule has 0 saturated carbocycles. The summed E-state index contributed by atoms with van der Waals surface area (Å²) in [5.74, 6) is 0.213. The minimum absolute atomic E-state index is 0.0191. The molecule has 0 fully saturated rings. The highest BCUT2D eigenvalue weighted by Crippen LogP contribution is 2.30. The average molecular weight is 340 g/mol. The van der Waals surface area contributed by atoms with E-state index < -0.39 is 6.10 Å². The van der Waals surface area contributed by atoms with E-state index >= 15 is 0 Å². The van der Waals surface area contributed by atoms with Gasteiger partial charge in [-0.15, -0.1) is 0 Å². The fourth-order valence-corrected chi connectivity index (χ4v) is 2.76. The minimum Gasteiger partial charge on any atom is -0.482 e. The molecule has 1 heterocycles. The molecule has 2 aromatic rings. The number of carbonyl (C=O) groups is 2. The lowest BCUT2D eigenvalue weighted by Gasteiger charge is -2.22. The smallest absolute Gasteiger partial charge is 0.262 e. The number of hydrogen-bond acceptors (Lipinski definition) is 4. The summed E-state index contributed by atoms with van der Waals surface area (Å²) in [5, 5.41) is 5.71. The lowest BCUT2D eigenvalue weighted by atomic mass is 10.0. The molecule has 2 aromatic carbocycles. The lowest BCUT2D eigenvalue weighted by molar-refractivity contribution is -0.132. The van der Waals surface area contributed by atoms with Crippen molar-refractivity contribution in [1.82, 2.24) is 5.32 Å². The normalized spacial score (nSPS) is 15.4. The molecule has 0 unspecified atom stereocenters.